The van der Waals surface area contributed by atoms with E-state index < -0.39 is 0 Å². The molecule has 1 aromatic rings. The van der Waals surface area contributed by atoms with Gasteiger partial charge in [-0.3, -0.25) is 9.69 Å². The summed E-state index contributed by atoms with van der Waals surface area (Å²) in [5, 5.41) is 2.99. The molecule has 1 fully saturated rings. The summed E-state index contributed by atoms with van der Waals surface area (Å²) < 4.78 is 0. The van der Waals surface area contributed by atoms with Crippen molar-refractivity contribution < 1.29 is 4.79 Å². The molecule has 1 aromatic carbocycles. The minimum absolute atomic E-state index is 0.0314. The summed E-state index contributed by atoms with van der Waals surface area (Å²) in [4.78, 5) is 14.3. The van der Waals surface area contributed by atoms with Gasteiger partial charge in [-0.1, -0.05) is 30.3 Å². The zero-order chi connectivity index (χ0) is 13.8. The molecule has 0 radical (unpaired) electrons. The van der Waals surface area contributed by atoms with E-state index in [9.17, 15) is 4.79 Å². The number of amides is 1. The average molecular weight is 260 g/mol. The Hall–Kier alpha value is -1.35. The number of likely N-dealkylation sites (tertiary alicyclic amines) is 1. The molecule has 3 heteroatoms. The van der Waals surface area contributed by atoms with Crippen molar-refractivity contribution in [2.45, 2.75) is 45.2 Å². The Kier molecular flexibility index (Phi) is 4.59. The van der Waals surface area contributed by atoms with Crippen LogP contribution < -0.4 is 5.32 Å². The summed E-state index contributed by atoms with van der Waals surface area (Å²) in [5.74, 6) is 0.708. The van der Waals surface area contributed by atoms with Gasteiger partial charge in [0.05, 0.1) is 6.04 Å². The third-order valence-electron chi connectivity index (χ3n) is 3.85. The maximum Gasteiger partial charge on any atom is 0.237 e. The zero-order valence-corrected chi connectivity index (χ0v) is 12.1. The van der Waals surface area contributed by atoms with Crippen LogP contribution in [0.4, 0.5) is 0 Å². The van der Waals surface area contributed by atoms with Crippen LogP contribution in [0.5, 0.6) is 0 Å². The van der Waals surface area contributed by atoms with Gasteiger partial charge in [-0.05, 0) is 45.2 Å². The molecular formula is C16H24N2O. The van der Waals surface area contributed by atoms with E-state index >= 15 is 0 Å². The van der Waals surface area contributed by atoms with Gasteiger partial charge in [-0.15, -0.1) is 0 Å². The van der Waals surface area contributed by atoms with Gasteiger partial charge in [0.15, 0.2) is 0 Å². The minimum atomic E-state index is -0.0314. The lowest BCUT2D eigenvalue weighted by Gasteiger charge is -2.24. The second-order valence-corrected chi connectivity index (χ2v) is 5.73. The van der Waals surface area contributed by atoms with Gasteiger partial charge in [-0.2, -0.15) is 0 Å². The Labute approximate surface area is 116 Å². The Morgan fingerprint density at radius 3 is 2.58 bits per heavy atom. The topological polar surface area (TPSA) is 32.3 Å². The summed E-state index contributed by atoms with van der Waals surface area (Å²) in [5.41, 5.74) is 1.39. The second kappa shape index (κ2) is 6.20. The van der Waals surface area contributed by atoms with Gasteiger partial charge < -0.3 is 5.32 Å². The van der Waals surface area contributed by atoms with Crippen LogP contribution in [0.25, 0.3) is 0 Å². The highest BCUT2D eigenvalue weighted by molar-refractivity contribution is 5.81. The molecule has 1 aliphatic heterocycles. The molecule has 3 nitrogen and oxygen atoms in total. The smallest absolute Gasteiger partial charge is 0.237 e. The Balaban J connectivity index is 1.93. The van der Waals surface area contributed by atoms with E-state index in [0.29, 0.717) is 5.92 Å². The Morgan fingerprint density at radius 2 is 1.95 bits per heavy atom. The van der Waals surface area contributed by atoms with Crippen LogP contribution in [0.3, 0.4) is 0 Å². The minimum Gasteiger partial charge on any atom is -0.353 e. The number of nitrogens with zero attached hydrogens (tertiary/aromatic N) is 1. The van der Waals surface area contributed by atoms with Crippen LogP contribution in [-0.2, 0) is 4.79 Å². The highest BCUT2D eigenvalue weighted by Crippen LogP contribution is 2.28. The fourth-order valence-corrected chi connectivity index (χ4v) is 2.71. The quantitative estimate of drug-likeness (QED) is 0.901. The number of carbonyl (C=O) groups is 1. The molecular weight excluding hydrogens is 236 g/mol. The van der Waals surface area contributed by atoms with Crippen molar-refractivity contribution in [1.82, 2.24) is 10.2 Å². The average Bonchev–Trinajstić information content (AvgIpc) is 2.87. The fraction of sp³-hybridized carbons (Fsp3) is 0.562. The molecule has 0 bridgehead atoms. The molecule has 1 saturated heterocycles. The molecule has 1 amide bonds. The third-order valence-corrected chi connectivity index (χ3v) is 3.85. The van der Waals surface area contributed by atoms with Gasteiger partial charge in [0.25, 0.3) is 0 Å². The lowest BCUT2D eigenvalue weighted by atomic mass is 9.99. The fourth-order valence-electron chi connectivity index (χ4n) is 2.71. The molecule has 1 aliphatic rings. The van der Waals surface area contributed by atoms with E-state index in [-0.39, 0.29) is 18.0 Å². The normalized spacial score (nSPS) is 21.6. The van der Waals surface area contributed by atoms with Gasteiger partial charge in [0.1, 0.15) is 0 Å². The zero-order valence-electron chi connectivity index (χ0n) is 12.1. The van der Waals surface area contributed by atoms with E-state index in [1.165, 1.54) is 5.56 Å². The van der Waals surface area contributed by atoms with E-state index in [2.05, 4.69) is 40.5 Å². The van der Waals surface area contributed by atoms with Crippen molar-refractivity contribution in [2.75, 3.05) is 13.1 Å². The van der Waals surface area contributed by atoms with E-state index in [0.717, 1.165) is 19.5 Å². The highest BCUT2D eigenvalue weighted by atomic mass is 16.2. The van der Waals surface area contributed by atoms with Gasteiger partial charge >= 0.3 is 0 Å². The van der Waals surface area contributed by atoms with Crippen molar-refractivity contribution in [1.29, 1.82) is 0 Å². The first kappa shape index (κ1) is 14.1. The summed E-state index contributed by atoms with van der Waals surface area (Å²) >= 11 is 0. The van der Waals surface area contributed by atoms with Crippen LogP contribution in [-0.4, -0.2) is 36.0 Å². The molecule has 0 spiro atoms. The standard InChI is InChI=1S/C16H24N2O/c1-12(2)17-16(19)13(3)18-10-9-15(11-18)14-7-5-4-6-8-14/h4-8,12-13,15H,9-11H2,1-3H3,(H,17,19). The van der Waals surface area contributed by atoms with Crippen molar-refractivity contribution in [3.8, 4) is 0 Å². The van der Waals surface area contributed by atoms with Crippen molar-refractivity contribution in [2.24, 2.45) is 0 Å². The monoisotopic (exact) mass is 260 g/mol. The molecule has 0 aromatic heterocycles. The largest absolute Gasteiger partial charge is 0.353 e. The molecule has 1 N–H and O–H groups in total. The maximum atomic E-state index is 12.0. The van der Waals surface area contributed by atoms with E-state index in [4.69, 9.17) is 0 Å². The number of hydrogen-bond donors (Lipinski definition) is 1. The van der Waals surface area contributed by atoms with Crippen molar-refractivity contribution in [3.05, 3.63) is 35.9 Å². The Morgan fingerprint density at radius 1 is 1.26 bits per heavy atom. The first-order valence-corrected chi connectivity index (χ1v) is 7.17. The Bertz CT molecular complexity index is 416. The number of rotatable bonds is 4. The van der Waals surface area contributed by atoms with E-state index in [1.54, 1.807) is 0 Å². The SMILES string of the molecule is CC(C)NC(=O)C(C)N1CCC(c2ccccc2)C1. The summed E-state index contributed by atoms with van der Waals surface area (Å²) in [6, 6.07) is 10.8. The maximum absolute atomic E-state index is 12.0. The van der Waals surface area contributed by atoms with Crippen LogP contribution in [0, 0.1) is 0 Å². The molecule has 19 heavy (non-hydrogen) atoms. The molecule has 2 rings (SSSR count). The number of nitrogens with one attached hydrogen (secondary N) is 1. The number of benzene rings is 1. The third kappa shape index (κ3) is 3.57. The van der Waals surface area contributed by atoms with Crippen LogP contribution in [0.15, 0.2) is 30.3 Å². The van der Waals surface area contributed by atoms with E-state index in [1.807, 2.05) is 20.8 Å². The predicted octanol–water partition coefficient (Wildman–Crippen LogP) is 2.39. The first-order chi connectivity index (χ1) is 9.08. The summed E-state index contributed by atoms with van der Waals surface area (Å²) in [6.45, 7) is 8.00. The lowest BCUT2D eigenvalue weighted by molar-refractivity contribution is -0.126. The molecule has 1 heterocycles. The van der Waals surface area contributed by atoms with Gasteiger partial charge in [0.2, 0.25) is 5.91 Å². The van der Waals surface area contributed by atoms with Gasteiger partial charge in [-0.25, -0.2) is 0 Å². The number of carbonyl (C=O) groups excluding carboxylic acids is 1. The molecule has 0 saturated carbocycles. The summed E-state index contributed by atoms with van der Waals surface area (Å²) in [6.07, 6.45) is 1.14. The summed E-state index contributed by atoms with van der Waals surface area (Å²) in [7, 11) is 0. The molecule has 104 valence electrons. The number of hydrogen-bond acceptors (Lipinski definition) is 2. The lowest BCUT2D eigenvalue weighted by Crippen LogP contribution is -2.46. The van der Waals surface area contributed by atoms with Crippen molar-refractivity contribution >= 4 is 5.91 Å². The van der Waals surface area contributed by atoms with Crippen LogP contribution in [0.1, 0.15) is 38.7 Å². The molecule has 2 unspecified atom stereocenters. The van der Waals surface area contributed by atoms with Gasteiger partial charge in [0, 0.05) is 12.6 Å². The second-order valence-electron chi connectivity index (χ2n) is 5.73. The van der Waals surface area contributed by atoms with Crippen molar-refractivity contribution in [3.63, 3.8) is 0 Å². The van der Waals surface area contributed by atoms with Crippen LogP contribution in [0.2, 0.25) is 0 Å². The van der Waals surface area contributed by atoms with Crippen LogP contribution >= 0.6 is 0 Å². The predicted molar refractivity (Wildman–Crippen MR) is 78.1 cm³/mol. The molecule has 2 atom stereocenters. The first-order valence-electron chi connectivity index (χ1n) is 7.17. The molecule has 0 aliphatic carbocycles. The highest BCUT2D eigenvalue weighted by Gasteiger charge is 2.30.